The first-order valence-electron chi connectivity index (χ1n) is 6.13. The number of ether oxygens (including phenoxy) is 1. The Labute approximate surface area is 99.8 Å². The van der Waals surface area contributed by atoms with Crippen LogP contribution in [0.3, 0.4) is 0 Å². The number of hydrogen-bond acceptors (Lipinski definition) is 4. The summed E-state index contributed by atoms with van der Waals surface area (Å²) >= 11 is 0. The van der Waals surface area contributed by atoms with Crippen LogP contribution in [0.2, 0.25) is 0 Å². The molecule has 0 heterocycles. The van der Waals surface area contributed by atoms with Gasteiger partial charge in [0, 0.05) is 19.7 Å². The van der Waals surface area contributed by atoms with E-state index in [0.29, 0.717) is 26.3 Å². The minimum absolute atomic E-state index is 0.0986. The van der Waals surface area contributed by atoms with Crippen LogP contribution in [0.5, 0.6) is 0 Å². The molecule has 0 rings (SSSR count). The van der Waals surface area contributed by atoms with Crippen molar-refractivity contribution in [3.05, 3.63) is 0 Å². The highest BCUT2D eigenvalue weighted by atomic mass is 16.5. The Morgan fingerprint density at radius 2 is 2.00 bits per heavy atom. The average molecular weight is 232 g/mol. The summed E-state index contributed by atoms with van der Waals surface area (Å²) in [4.78, 5) is 2.22. The second-order valence-electron chi connectivity index (χ2n) is 5.01. The Kier molecular flexibility index (Phi) is 7.93. The van der Waals surface area contributed by atoms with E-state index in [4.69, 9.17) is 10.5 Å². The number of likely N-dealkylation sites (N-methyl/N-ethyl adjacent to an activating group) is 1. The molecule has 0 radical (unpaired) electrons. The molecule has 0 aromatic heterocycles. The molecule has 1 atom stereocenters. The average Bonchev–Trinajstić information content (AvgIpc) is 2.25. The van der Waals surface area contributed by atoms with Crippen LogP contribution in [0.25, 0.3) is 0 Å². The number of nitrogens with two attached hydrogens (primary N) is 1. The van der Waals surface area contributed by atoms with E-state index < -0.39 is 6.10 Å². The van der Waals surface area contributed by atoms with Crippen LogP contribution in [0.4, 0.5) is 0 Å². The fraction of sp³-hybridized carbons (Fsp3) is 1.00. The SMILES string of the molecule is CCOCC(O)CN(CC)CC(C)(C)CN. The maximum Gasteiger partial charge on any atom is 0.0900 e. The molecule has 0 aliphatic carbocycles. The van der Waals surface area contributed by atoms with Gasteiger partial charge in [-0.15, -0.1) is 0 Å². The molecule has 0 saturated heterocycles. The van der Waals surface area contributed by atoms with Crippen LogP contribution in [0, 0.1) is 5.41 Å². The maximum atomic E-state index is 9.75. The molecule has 0 fully saturated rings. The molecule has 3 N–H and O–H groups in total. The smallest absolute Gasteiger partial charge is 0.0900 e. The summed E-state index contributed by atoms with van der Waals surface area (Å²) in [6.07, 6.45) is -0.409. The van der Waals surface area contributed by atoms with E-state index in [1.165, 1.54) is 0 Å². The van der Waals surface area contributed by atoms with Gasteiger partial charge in [-0.1, -0.05) is 20.8 Å². The summed E-state index contributed by atoms with van der Waals surface area (Å²) in [6, 6.07) is 0. The van der Waals surface area contributed by atoms with Gasteiger partial charge in [0.2, 0.25) is 0 Å². The Morgan fingerprint density at radius 1 is 1.38 bits per heavy atom. The van der Waals surface area contributed by atoms with Crippen molar-refractivity contribution in [1.29, 1.82) is 0 Å². The molecule has 0 bridgehead atoms. The lowest BCUT2D eigenvalue weighted by Gasteiger charge is -2.32. The predicted molar refractivity (Wildman–Crippen MR) is 67.4 cm³/mol. The quantitative estimate of drug-likeness (QED) is 0.614. The normalized spacial score (nSPS) is 14.4. The topological polar surface area (TPSA) is 58.7 Å². The molecule has 98 valence electrons. The Bertz CT molecular complexity index is 174. The van der Waals surface area contributed by atoms with Crippen molar-refractivity contribution in [3.63, 3.8) is 0 Å². The van der Waals surface area contributed by atoms with Gasteiger partial charge >= 0.3 is 0 Å². The van der Waals surface area contributed by atoms with Gasteiger partial charge in [0.05, 0.1) is 12.7 Å². The van der Waals surface area contributed by atoms with Gasteiger partial charge in [0.1, 0.15) is 0 Å². The maximum absolute atomic E-state index is 9.75. The molecule has 16 heavy (non-hydrogen) atoms. The van der Waals surface area contributed by atoms with Gasteiger partial charge in [-0.25, -0.2) is 0 Å². The first-order valence-corrected chi connectivity index (χ1v) is 6.13. The van der Waals surface area contributed by atoms with Gasteiger partial charge in [-0.05, 0) is 25.4 Å². The lowest BCUT2D eigenvalue weighted by molar-refractivity contribution is 0.0160. The molecule has 0 amide bonds. The summed E-state index contributed by atoms with van der Waals surface area (Å²) in [6.45, 7) is 12.5. The van der Waals surface area contributed by atoms with Gasteiger partial charge in [-0.2, -0.15) is 0 Å². The summed E-state index contributed by atoms with van der Waals surface area (Å²) in [5.74, 6) is 0. The summed E-state index contributed by atoms with van der Waals surface area (Å²) in [5.41, 5.74) is 5.81. The molecule has 0 spiro atoms. The zero-order chi connectivity index (χ0) is 12.6. The minimum Gasteiger partial charge on any atom is -0.389 e. The standard InChI is InChI=1S/C12H28N2O2/c1-5-14(10-12(3,4)9-13)7-11(15)8-16-6-2/h11,15H,5-10,13H2,1-4H3. The van der Waals surface area contributed by atoms with E-state index in [1.807, 2.05) is 6.92 Å². The van der Waals surface area contributed by atoms with Crippen molar-refractivity contribution in [2.45, 2.75) is 33.8 Å². The van der Waals surface area contributed by atoms with Crippen molar-refractivity contribution in [1.82, 2.24) is 4.90 Å². The molecule has 4 heteroatoms. The summed E-state index contributed by atoms with van der Waals surface area (Å²) in [7, 11) is 0. The van der Waals surface area contributed by atoms with Crippen LogP contribution >= 0.6 is 0 Å². The zero-order valence-corrected chi connectivity index (χ0v) is 11.2. The van der Waals surface area contributed by atoms with Crippen molar-refractivity contribution >= 4 is 0 Å². The molecular formula is C12H28N2O2. The number of aliphatic hydroxyl groups excluding tert-OH is 1. The fourth-order valence-corrected chi connectivity index (χ4v) is 1.58. The van der Waals surface area contributed by atoms with Crippen LogP contribution in [-0.2, 0) is 4.74 Å². The van der Waals surface area contributed by atoms with E-state index in [0.717, 1.165) is 13.1 Å². The van der Waals surface area contributed by atoms with E-state index in [9.17, 15) is 5.11 Å². The Morgan fingerprint density at radius 3 is 2.44 bits per heavy atom. The lowest BCUT2D eigenvalue weighted by atomic mass is 9.93. The highest BCUT2D eigenvalue weighted by Crippen LogP contribution is 2.14. The van der Waals surface area contributed by atoms with E-state index in [-0.39, 0.29) is 5.41 Å². The van der Waals surface area contributed by atoms with Crippen LogP contribution in [0.1, 0.15) is 27.7 Å². The predicted octanol–water partition coefficient (Wildman–Crippen LogP) is 0.691. The number of rotatable bonds is 9. The van der Waals surface area contributed by atoms with E-state index >= 15 is 0 Å². The van der Waals surface area contributed by atoms with Crippen LogP contribution < -0.4 is 5.73 Å². The van der Waals surface area contributed by atoms with Crippen molar-refractivity contribution < 1.29 is 9.84 Å². The second-order valence-corrected chi connectivity index (χ2v) is 5.01. The largest absolute Gasteiger partial charge is 0.389 e. The van der Waals surface area contributed by atoms with Crippen LogP contribution in [0.15, 0.2) is 0 Å². The van der Waals surface area contributed by atoms with Crippen molar-refractivity contribution in [2.24, 2.45) is 11.1 Å². The van der Waals surface area contributed by atoms with Crippen molar-refractivity contribution in [2.75, 3.05) is 39.4 Å². The third kappa shape index (κ3) is 7.17. The first-order chi connectivity index (χ1) is 7.45. The van der Waals surface area contributed by atoms with E-state index in [1.54, 1.807) is 0 Å². The minimum atomic E-state index is -0.409. The van der Waals surface area contributed by atoms with Gasteiger partial charge in [0.25, 0.3) is 0 Å². The number of hydrogen-bond donors (Lipinski definition) is 2. The molecule has 0 aliphatic rings. The Balaban J connectivity index is 3.99. The van der Waals surface area contributed by atoms with Gasteiger partial charge in [-0.3, -0.25) is 0 Å². The monoisotopic (exact) mass is 232 g/mol. The molecule has 0 aromatic carbocycles. The van der Waals surface area contributed by atoms with Gasteiger partial charge in [0.15, 0.2) is 0 Å². The third-order valence-electron chi connectivity index (χ3n) is 2.63. The number of aliphatic hydroxyl groups is 1. The summed E-state index contributed by atoms with van der Waals surface area (Å²) < 4.78 is 5.20. The second kappa shape index (κ2) is 8.01. The first kappa shape index (κ1) is 15.8. The lowest BCUT2D eigenvalue weighted by Crippen LogP contribution is -2.43. The molecule has 1 unspecified atom stereocenters. The Hall–Kier alpha value is -0.160. The van der Waals surface area contributed by atoms with Gasteiger partial charge < -0.3 is 20.5 Å². The number of nitrogens with zero attached hydrogens (tertiary/aromatic N) is 1. The highest BCUT2D eigenvalue weighted by molar-refractivity contribution is 4.75. The molecule has 4 nitrogen and oxygen atoms in total. The van der Waals surface area contributed by atoms with Crippen molar-refractivity contribution in [3.8, 4) is 0 Å². The fourth-order valence-electron chi connectivity index (χ4n) is 1.58. The molecule has 0 aromatic rings. The van der Waals surface area contributed by atoms with Crippen LogP contribution in [-0.4, -0.2) is 55.5 Å². The highest BCUT2D eigenvalue weighted by Gasteiger charge is 2.20. The molecule has 0 saturated carbocycles. The summed E-state index contributed by atoms with van der Waals surface area (Å²) in [5, 5.41) is 9.75. The molecular weight excluding hydrogens is 204 g/mol. The zero-order valence-electron chi connectivity index (χ0n) is 11.2. The molecule has 0 aliphatic heterocycles. The third-order valence-corrected chi connectivity index (χ3v) is 2.63. The van der Waals surface area contributed by atoms with E-state index in [2.05, 4.69) is 25.7 Å².